The minimum atomic E-state index is -1.87. The van der Waals surface area contributed by atoms with Crippen LogP contribution in [-0.4, -0.2) is 61.0 Å². The van der Waals surface area contributed by atoms with Crippen molar-refractivity contribution in [3.63, 3.8) is 0 Å². The van der Waals surface area contributed by atoms with Crippen LogP contribution in [0.25, 0.3) is 0 Å². The van der Waals surface area contributed by atoms with Gasteiger partial charge in [-0.2, -0.15) is 0 Å². The Balaban J connectivity index is 3.10. The van der Waals surface area contributed by atoms with E-state index in [-0.39, 0.29) is 24.3 Å². The van der Waals surface area contributed by atoms with Gasteiger partial charge in [0.25, 0.3) is 0 Å². The molecule has 1 rings (SSSR count). The number of carbonyl (C=O) groups is 4. The fraction of sp³-hybridized carbons (Fsp3) is 0.524. The zero-order chi connectivity index (χ0) is 25.4. The number of hydrogen-bond acceptors (Lipinski definition) is 11. The quantitative estimate of drug-likeness (QED) is 0.323. The van der Waals surface area contributed by atoms with E-state index in [1.807, 2.05) is 0 Å². The minimum absolute atomic E-state index is 0.171. The van der Waals surface area contributed by atoms with E-state index in [4.69, 9.17) is 24.7 Å². The molecule has 0 aromatic heterocycles. The first-order valence-corrected chi connectivity index (χ1v) is 9.75. The van der Waals surface area contributed by atoms with Crippen LogP contribution in [-0.2, 0) is 30.2 Å². The van der Waals surface area contributed by atoms with Gasteiger partial charge >= 0.3 is 24.4 Å². The number of hydrogen-bond donors (Lipinski definition) is 2. The third kappa shape index (κ3) is 9.23. The second kappa shape index (κ2) is 11.4. The zero-order valence-electron chi connectivity index (χ0n) is 19.3. The lowest BCUT2D eigenvalue weighted by molar-refractivity contribution is -0.145. The Morgan fingerprint density at radius 1 is 0.970 bits per heavy atom. The summed E-state index contributed by atoms with van der Waals surface area (Å²) < 4.78 is 28.9. The van der Waals surface area contributed by atoms with Crippen molar-refractivity contribution in [2.24, 2.45) is 5.73 Å². The standard InChI is InChI=1S/C21H29NO11/c1-12(30-19(27)33-20(2,3)4)10-21(22,16(23)24)11-13-7-8-14(31-17(25)28-5)15(9-13)32-18(26)29-6/h7-9,12H,10-11,22H2,1-6H3,(H,23,24)/t12-,21?/m0/s1. The van der Waals surface area contributed by atoms with E-state index in [0.717, 1.165) is 14.2 Å². The molecule has 33 heavy (non-hydrogen) atoms. The summed E-state index contributed by atoms with van der Waals surface area (Å²) in [5.41, 5.74) is 3.79. The maximum absolute atomic E-state index is 11.9. The summed E-state index contributed by atoms with van der Waals surface area (Å²) in [6.45, 7) is 6.45. The second-order valence-electron chi connectivity index (χ2n) is 8.13. The first-order valence-electron chi connectivity index (χ1n) is 9.75. The highest BCUT2D eigenvalue weighted by Gasteiger charge is 2.37. The molecule has 0 aliphatic heterocycles. The topological polar surface area (TPSA) is 170 Å². The number of nitrogens with two attached hydrogens (primary N) is 1. The van der Waals surface area contributed by atoms with E-state index < -0.39 is 41.7 Å². The number of rotatable bonds is 8. The molecular formula is C21H29NO11. The van der Waals surface area contributed by atoms with Gasteiger partial charge in [-0.25, -0.2) is 14.4 Å². The fourth-order valence-electron chi connectivity index (χ4n) is 2.68. The molecule has 1 unspecified atom stereocenters. The lowest BCUT2D eigenvalue weighted by atomic mass is 9.86. The average Bonchev–Trinajstić information content (AvgIpc) is 2.67. The van der Waals surface area contributed by atoms with Gasteiger partial charge < -0.3 is 39.3 Å². The van der Waals surface area contributed by atoms with Crippen molar-refractivity contribution in [3.05, 3.63) is 23.8 Å². The largest absolute Gasteiger partial charge is 0.513 e. The van der Waals surface area contributed by atoms with Crippen LogP contribution >= 0.6 is 0 Å². The van der Waals surface area contributed by atoms with Crippen molar-refractivity contribution in [2.75, 3.05) is 14.2 Å². The number of methoxy groups -OCH3 is 2. The Hall–Kier alpha value is -3.54. The third-order valence-electron chi connectivity index (χ3n) is 4.01. The van der Waals surface area contributed by atoms with Gasteiger partial charge in [0.05, 0.1) is 14.2 Å². The molecule has 2 atom stereocenters. The second-order valence-corrected chi connectivity index (χ2v) is 8.13. The van der Waals surface area contributed by atoms with Gasteiger partial charge in [0.2, 0.25) is 0 Å². The molecule has 0 amide bonds. The summed E-state index contributed by atoms with van der Waals surface area (Å²) in [5, 5.41) is 9.73. The summed E-state index contributed by atoms with van der Waals surface area (Å²) in [4.78, 5) is 46.8. The van der Waals surface area contributed by atoms with Crippen LogP contribution in [0.2, 0.25) is 0 Å². The van der Waals surface area contributed by atoms with Crippen LogP contribution in [0, 0.1) is 0 Å². The Bertz CT molecular complexity index is 877. The summed E-state index contributed by atoms with van der Waals surface area (Å²) in [5.74, 6) is -1.75. The summed E-state index contributed by atoms with van der Waals surface area (Å²) in [7, 11) is 2.17. The third-order valence-corrected chi connectivity index (χ3v) is 4.01. The molecule has 1 aromatic carbocycles. The highest BCUT2D eigenvalue weighted by atomic mass is 16.7. The van der Waals surface area contributed by atoms with E-state index in [0.29, 0.717) is 5.56 Å². The molecule has 0 saturated heterocycles. The molecule has 0 fully saturated rings. The van der Waals surface area contributed by atoms with E-state index >= 15 is 0 Å². The number of carboxylic acid groups (broad SMARTS) is 1. The zero-order valence-corrected chi connectivity index (χ0v) is 19.3. The van der Waals surface area contributed by atoms with Crippen LogP contribution in [0.4, 0.5) is 14.4 Å². The minimum Gasteiger partial charge on any atom is -0.480 e. The van der Waals surface area contributed by atoms with Gasteiger partial charge in [0, 0.05) is 12.8 Å². The lowest BCUT2D eigenvalue weighted by Gasteiger charge is -2.28. The first-order chi connectivity index (χ1) is 15.2. The van der Waals surface area contributed by atoms with Gasteiger partial charge in [-0.05, 0) is 45.4 Å². The molecule has 12 heteroatoms. The number of ether oxygens (including phenoxy) is 6. The Kier molecular flexibility index (Phi) is 9.47. The van der Waals surface area contributed by atoms with Gasteiger partial charge in [0.15, 0.2) is 11.5 Å². The van der Waals surface area contributed by atoms with E-state index in [1.54, 1.807) is 20.8 Å². The Morgan fingerprint density at radius 2 is 1.52 bits per heavy atom. The van der Waals surface area contributed by atoms with E-state index in [9.17, 15) is 24.3 Å². The molecule has 0 aliphatic carbocycles. The van der Waals surface area contributed by atoms with Gasteiger partial charge in [0.1, 0.15) is 17.2 Å². The maximum Gasteiger partial charge on any atom is 0.513 e. The van der Waals surface area contributed by atoms with E-state index in [1.165, 1.54) is 25.1 Å². The van der Waals surface area contributed by atoms with Crippen molar-refractivity contribution in [1.29, 1.82) is 0 Å². The van der Waals surface area contributed by atoms with Crippen LogP contribution in [0.15, 0.2) is 18.2 Å². The smallest absolute Gasteiger partial charge is 0.480 e. The monoisotopic (exact) mass is 471 g/mol. The first kappa shape index (κ1) is 27.5. The normalized spacial score (nSPS) is 13.7. The predicted octanol–water partition coefficient (Wildman–Crippen LogP) is 3.03. The molecule has 12 nitrogen and oxygen atoms in total. The number of aliphatic carboxylic acids is 1. The summed E-state index contributed by atoms with van der Waals surface area (Å²) >= 11 is 0. The van der Waals surface area contributed by atoms with Crippen LogP contribution in [0.1, 0.15) is 39.7 Å². The summed E-state index contributed by atoms with van der Waals surface area (Å²) in [6.07, 6.45) is -4.52. The van der Waals surface area contributed by atoms with E-state index in [2.05, 4.69) is 9.47 Å². The molecular weight excluding hydrogens is 442 g/mol. The highest BCUT2D eigenvalue weighted by Crippen LogP contribution is 2.31. The molecule has 0 saturated carbocycles. The Morgan fingerprint density at radius 3 is 2.00 bits per heavy atom. The molecule has 1 aromatic rings. The molecule has 0 aliphatic rings. The molecule has 0 radical (unpaired) electrons. The highest BCUT2D eigenvalue weighted by molar-refractivity contribution is 5.79. The van der Waals surface area contributed by atoms with Gasteiger partial charge in [-0.3, -0.25) is 4.79 Å². The van der Waals surface area contributed by atoms with Crippen molar-refractivity contribution in [2.45, 2.75) is 57.8 Å². The van der Waals surface area contributed by atoms with Crippen LogP contribution in [0.3, 0.4) is 0 Å². The molecule has 3 N–H and O–H groups in total. The number of carbonyl (C=O) groups excluding carboxylic acids is 3. The average molecular weight is 471 g/mol. The maximum atomic E-state index is 11.9. The van der Waals surface area contributed by atoms with Crippen molar-refractivity contribution >= 4 is 24.4 Å². The number of carboxylic acids is 1. The molecule has 0 spiro atoms. The van der Waals surface area contributed by atoms with Crippen molar-refractivity contribution in [1.82, 2.24) is 0 Å². The summed E-state index contributed by atoms with van der Waals surface area (Å²) in [6, 6.07) is 3.96. The lowest BCUT2D eigenvalue weighted by Crippen LogP contribution is -2.52. The van der Waals surface area contributed by atoms with Crippen LogP contribution in [0.5, 0.6) is 11.5 Å². The Labute approximate surface area is 190 Å². The molecule has 0 bridgehead atoms. The molecule has 0 heterocycles. The number of benzene rings is 1. The molecule has 184 valence electrons. The van der Waals surface area contributed by atoms with Gasteiger partial charge in [-0.15, -0.1) is 0 Å². The predicted molar refractivity (Wildman–Crippen MR) is 112 cm³/mol. The van der Waals surface area contributed by atoms with Crippen molar-refractivity contribution in [3.8, 4) is 11.5 Å². The van der Waals surface area contributed by atoms with Gasteiger partial charge in [-0.1, -0.05) is 6.07 Å². The van der Waals surface area contributed by atoms with Crippen molar-refractivity contribution < 1.29 is 52.7 Å². The SMILES string of the molecule is COC(=O)Oc1ccc(CC(N)(C[C@H](C)OC(=O)OC(C)(C)C)C(=O)O)cc1OC(=O)OC. The van der Waals surface area contributed by atoms with Crippen LogP contribution < -0.4 is 15.2 Å². The fourth-order valence-corrected chi connectivity index (χ4v) is 2.68.